The predicted octanol–water partition coefficient (Wildman–Crippen LogP) is 3.54. The lowest BCUT2D eigenvalue weighted by Gasteiger charge is -2.15. The van der Waals surface area contributed by atoms with Gasteiger partial charge in [-0.15, -0.1) is 16.9 Å². The van der Waals surface area contributed by atoms with Gasteiger partial charge in [-0.25, -0.2) is 4.68 Å². The molecule has 0 bridgehead atoms. The molecule has 0 spiro atoms. The van der Waals surface area contributed by atoms with Gasteiger partial charge in [0.2, 0.25) is 0 Å². The lowest BCUT2D eigenvalue weighted by atomic mass is 10.1. The lowest BCUT2D eigenvalue weighted by molar-refractivity contribution is 0.592. The minimum Gasteiger partial charge on any atom is -0.231 e. The van der Waals surface area contributed by atoms with Crippen LogP contribution < -0.4 is 0 Å². The van der Waals surface area contributed by atoms with Gasteiger partial charge in [0.1, 0.15) is 10.9 Å². The van der Waals surface area contributed by atoms with Crippen molar-refractivity contribution in [2.45, 2.75) is 11.8 Å². The summed E-state index contributed by atoms with van der Waals surface area (Å²) in [4.78, 5) is 0. The van der Waals surface area contributed by atoms with Crippen LogP contribution in [0.2, 0.25) is 0 Å². The van der Waals surface area contributed by atoms with Gasteiger partial charge in [-0.2, -0.15) is 0 Å². The summed E-state index contributed by atoms with van der Waals surface area (Å²) in [6.45, 7) is 0. The fourth-order valence-electron chi connectivity index (χ4n) is 2.19. The maximum Gasteiger partial charge on any atom is 0.113 e. The third-order valence-electron chi connectivity index (χ3n) is 3.18. The van der Waals surface area contributed by atoms with Crippen LogP contribution in [0.5, 0.6) is 0 Å². The Hall–Kier alpha value is -1.81. The number of fused-ring (bicyclic) bond motifs is 1. The number of hydrogen-bond acceptors (Lipinski definition) is 3. The minimum absolute atomic E-state index is 0.273. The molecule has 3 rings (SSSR count). The Morgan fingerprint density at radius 2 is 1.79 bits per heavy atom. The van der Waals surface area contributed by atoms with Crippen molar-refractivity contribution in [3.63, 3.8) is 0 Å². The average molecular weight is 269 g/mol. The highest BCUT2D eigenvalue weighted by atomic mass is 32.2. The second-order valence-corrected chi connectivity index (χ2v) is 5.42. The zero-order valence-corrected chi connectivity index (χ0v) is 11.5. The first-order valence-corrected chi connectivity index (χ1v) is 7.54. The summed E-state index contributed by atoms with van der Waals surface area (Å²) in [5, 5.41) is 8.81. The minimum atomic E-state index is 0.273. The van der Waals surface area contributed by atoms with Crippen LogP contribution in [-0.4, -0.2) is 21.2 Å². The molecule has 0 saturated heterocycles. The van der Waals surface area contributed by atoms with E-state index < -0.39 is 0 Å². The summed E-state index contributed by atoms with van der Waals surface area (Å²) >= 11 is 1.80. The summed E-state index contributed by atoms with van der Waals surface area (Å²) in [5.74, 6) is 0. The molecule has 4 heteroatoms. The second-order valence-electron chi connectivity index (χ2n) is 4.40. The van der Waals surface area contributed by atoms with Crippen LogP contribution in [-0.2, 0) is 6.42 Å². The summed E-state index contributed by atoms with van der Waals surface area (Å²) in [5.41, 5.74) is 3.37. The molecule has 0 aliphatic carbocycles. The fourth-order valence-corrected chi connectivity index (χ4v) is 2.90. The highest BCUT2D eigenvalue weighted by molar-refractivity contribution is 7.98. The standard InChI is InChI=1S/C15H15N3S/c1-19-15(11-12-7-3-2-4-8-12)18-14-10-6-5-9-13(14)16-17-18/h2-10,15H,11H2,1H3. The van der Waals surface area contributed by atoms with Crippen LogP contribution in [0.15, 0.2) is 54.6 Å². The first-order chi connectivity index (χ1) is 9.38. The number of benzene rings is 2. The third kappa shape index (κ3) is 2.49. The number of nitrogens with zero attached hydrogens (tertiary/aromatic N) is 3. The molecule has 1 unspecified atom stereocenters. The van der Waals surface area contributed by atoms with Gasteiger partial charge in [-0.1, -0.05) is 47.7 Å². The van der Waals surface area contributed by atoms with E-state index in [1.807, 2.05) is 28.9 Å². The van der Waals surface area contributed by atoms with Gasteiger partial charge in [-0.3, -0.25) is 0 Å². The van der Waals surface area contributed by atoms with Crippen LogP contribution in [0.25, 0.3) is 11.0 Å². The number of para-hydroxylation sites is 1. The number of aromatic nitrogens is 3. The van der Waals surface area contributed by atoms with Crippen molar-refractivity contribution >= 4 is 22.8 Å². The molecule has 0 amide bonds. The number of thioether (sulfide) groups is 1. The molecular weight excluding hydrogens is 254 g/mol. The number of rotatable bonds is 4. The molecule has 3 aromatic rings. The van der Waals surface area contributed by atoms with Crippen LogP contribution in [0.4, 0.5) is 0 Å². The Morgan fingerprint density at radius 1 is 1.05 bits per heavy atom. The molecule has 3 nitrogen and oxygen atoms in total. The molecule has 1 aromatic heterocycles. The van der Waals surface area contributed by atoms with E-state index >= 15 is 0 Å². The van der Waals surface area contributed by atoms with Gasteiger partial charge in [0.15, 0.2) is 0 Å². The van der Waals surface area contributed by atoms with E-state index in [1.54, 1.807) is 11.8 Å². The monoisotopic (exact) mass is 269 g/mol. The SMILES string of the molecule is CSC(Cc1ccccc1)n1nnc2ccccc21. The maximum absolute atomic E-state index is 4.31. The van der Waals surface area contributed by atoms with Crippen LogP contribution in [0.3, 0.4) is 0 Å². The van der Waals surface area contributed by atoms with E-state index in [2.05, 4.69) is 46.9 Å². The first-order valence-electron chi connectivity index (χ1n) is 6.25. The maximum atomic E-state index is 4.31. The molecule has 0 aliphatic heterocycles. The average Bonchev–Trinajstić information content (AvgIpc) is 2.90. The van der Waals surface area contributed by atoms with Gasteiger partial charge in [0.25, 0.3) is 0 Å². The molecule has 1 heterocycles. The zero-order valence-electron chi connectivity index (χ0n) is 10.7. The summed E-state index contributed by atoms with van der Waals surface area (Å²) < 4.78 is 2.02. The molecule has 0 N–H and O–H groups in total. The first kappa shape index (κ1) is 12.2. The predicted molar refractivity (Wildman–Crippen MR) is 80.2 cm³/mol. The highest BCUT2D eigenvalue weighted by Gasteiger charge is 2.14. The molecule has 0 saturated carbocycles. The fraction of sp³-hybridized carbons (Fsp3) is 0.200. The Labute approximate surface area is 116 Å². The van der Waals surface area contributed by atoms with E-state index in [4.69, 9.17) is 0 Å². The highest BCUT2D eigenvalue weighted by Crippen LogP contribution is 2.27. The molecule has 1 atom stereocenters. The summed E-state index contributed by atoms with van der Waals surface area (Å²) in [6, 6.07) is 18.6. The van der Waals surface area contributed by atoms with Crippen molar-refractivity contribution in [3.05, 3.63) is 60.2 Å². The molecule has 0 aliphatic rings. The van der Waals surface area contributed by atoms with Crippen molar-refractivity contribution in [2.24, 2.45) is 0 Å². The van der Waals surface area contributed by atoms with Crippen LogP contribution >= 0.6 is 11.8 Å². The molecule has 0 radical (unpaired) electrons. The van der Waals surface area contributed by atoms with Crippen LogP contribution in [0.1, 0.15) is 10.9 Å². The lowest BCUT2D eigenvalue weighted by Crippen LogP contribution is -2.10. The van der Waals surface area contributed by atoms with Gasteiger partial charge < -0.3 is 0 Å². The van der Waals surface area contributed by atoms with Crippen LogP contribution in [0, 0.1) is 0 Å². The quantitative estimate of drug-likeness (QED) is 0.726. The van der Waals surface area contributed by atoms with Gasteiger partial charge in [0.05, 0.1) is 5.52 Å². The van der Waals surface area contributed by atoms with E-state index in [0.29, 0.717) is 0 Å². The Kier molecular flexibility index (Phi) is 3.51. The molecule has 19 heavy (non-hydrogen) atoms. The van der Waals surface area contributed by atoms with Gasteiger partial charge in [-0.05, 0) is 24.0 Å². The molecule has 96 valence electrons. The van der Waals surface area contributed by atoms with E-state index in [0.717, 1.165) is 17.5 Å². The van der Waals surface area contributed by atoms with Gasteiger partial charge >= 0.3 is 0 Å². The molecule has 2 aromatic carbocycles. The van der Waals surface area contributed by atoms with Crippen molar-refractivity contribution in [3.8, 4) is 0 Å². The van der Waals surface area contributed by atoms with E-state index in [-0.39, 0.29) is 5.37 Å². The number of hydrogen-bond donors (Lipinski definition) is 0. The zero-order chi connectivity index (χ0) is 13.1. The normalized spacial score (nSPS) is 12.7. The van der Waals surface area contributed by atoms with E-state index in [9.17, 15) is 0 Å². The van der Waals surface area contributed by atoms with Gasteiger partial charge in [0, 0.05) is 6.42 Å². The Bertz CT molecular complexity index is 663. The van der Waals surface area contributed by atoms with Crippen molar-refractivity contribution in [1.29, 1.82) is 0 Å². The smallest absolute Gasteiger partial charge is 0.113 e. The van der Waals surface area contributed by atoms with Crippen molar-refractivity contribution in [1.82, 2.24) is 15.0 Å². The van der Waals surface area contributed by atoms with E-state index in [1.165, 1.54) is 5.56 Å². The third-order valence-corrected chi connectivity index (χ3v) is 4.09. The largest absolute Gasteiger partial charge is 0.231 e. The second kappa shape index (κ2) is 5.45. The molecule has 0 fully saturated rings. The Morgan fingerprint density at radius 3 is 2.58 bits per heavy atom. The molecular formula is C15H15N3S. The summed E-state index contributed by atoms with van der Waals surface area (Å²) in [6.07, 6.45) is 3.07. The van der Waals surface area contributed by atoms with Crippen molar-refractivity contribution in [2.75, 3.05) is 6.26 Å². The van der Waals surface area contributed by atoms with Crippen molar-refractivity contribution < 1.29 is 0 Å². The summed E-state index contributed by atoms with van der Waals surface area (Å²) in [7, 11) is 0. The Balaban J connectivity index is 1.94. The topological polar surface area (TPSA) is 30.7 Å².